The molecule has 1 saturated heterocycles. The van der Waals surface area contributed by atoms with Gasteiger partial charge in [-0.25, -0.2) is 0 Å². The number of phenols is 1. The molecular weight excluding hydrogens is 328 g/mol. The molecule has 0 aliphatic carbocycles. The van der Waals surface area contributed by atoms with Gasteiger partial charge in [-0.1, -0.05) is 24.3 Å². The normalized spacial score (nSPS) is 18.8. The summed E-state index contributed by atoms with van der Waals surface area (Å²) < 4.78 is 5.33. The zero-order valence-electron chi connectivity index (χ0n) is 15.3. The topological polar surface area (TPSA) is 56.2 Å². The van der Waals surface area contributed by atoms with Gasteiger partial charge in [-0.15, -0.1) is 0 Å². The van der Waals surface area contributed by atoms with Crippen LogP contribution >= 0.6 is 0 Å². The van der Waals surface area contributed by atoms with Gasteiger partial charge in [0.2, 0.25) is 0 Å². The maximum atomic E-state index is 9.50. The number of aliphatic hydroxyl groups excluding tert-OH is 1. The highest BCUT2D eigenvalue weighted by Crippen LogP contribution is 2.21. The van der Waals surface area contributed by atoms with Gasteiger partial charge < -0.3 is 14.9 Å². The molecule has 0 bridgehead atoms. The van der Waals surface area contributed by atoms with E-state index in [1.807, 2.05) is 24.3 Å². The van der Waals surface area contributed by atoms with Crippen molar-refractivity contribution in [2.75, 3.05) is 33.4 Å². The summed E-state index contributed by atoms with van der Waals surface area (Å²) in [5.41, 5.74) is 2.44. The zero-order valence-corrected chi connectivity index (χ0v) is 15.3. The van der Waals surface area contributed by atoms with E-state index in [9.17, 15) is 10.2 Å². The molecule has 3 rings (SSSR count). The molecule has 5 heteroatoms. The van der Waals surface area contributed by atoms with Gasteiger partial charge in [0.1, 0.15) is 11.5 Å². The predicted octanol–water partition coefficient (Wildman–Crippen LogP) is 2.47. The van der Waals surface area contributed by atoms with Crippen molar-refractivity contribution in [3.05, 3.63) is 59.7 Å². The molecule has 1 aliphatic heterocycles. The van der Waals surface area contributed by atoms with Gasteiger partial charge >= 0.3 is 0 Å². The Balaban J connectivity index is 1.62. The SMILES string of the molecule is COc1cccc(CN2CCN(Cc3ccc(O)cc3)C[C@H]2CCO)c1. The second-order valence-electron chi connectivity index (χ2n) is 6.89. The summed E-state index contributed by atoms with van der Waals surface area (Å²) in [4.78, 5) is 4.88. The highest BCUT2D eigenvalue weighted by Gasteiger charge is 2.26. The van der Waals surface area contributed by atoms with Gasteiger partial charge in [0.25, 0.3) is 0 Å². The van der Waals surface area contributed by atoms with E-state index in [4.69, 9.17) is 4.74 Å². The van der Waals surface area contributed by atoms with Crippen molar-refractivity contribution in [2.24, 2.45) is 0 Å². The van der Waals surface area contributed by atoms with E-state index in [2.05, 4.69) is 21.9 Å². The molecule has 1 fully saturated rings. The second kappa shape index (κ2) is 9.03. The summed E-state index contributed by atoms with van der Waals surface area (Å²) in [6, 6.07) is 15.9. The number of phenolic OH excluding ortho intramolecular Hbond substituents is 1. The summed E-state index contributed by atoms with van der Waals surface area (Å²) in [7, 11) is 1.69. The van der Waals surface area contributed by atoms with Crippen molar-refractivity contribution < 1.29 is 14.9 Å². The third-order valence-electron chi connectivity index (χ3n) is 5.01. The van der Waals surface area contributed by atoms with Crippen LogP contribution in [0.2, 0.25) is 0 Å². The van der Waals surface area contributed by atoms with Crippen LogP contribution < -0.4 is 4.74 Å². The molecule has 0 saturated carbocycles. The summed E-state index contributed by atoms with van der Waals surface area (Å²) in [5, 5.41) is 18.9. The average molecular weight is 356 g/mol. The Morgan fingerprint density at radius 2 is 1.85 bits per heavy atom. The van der Waals surface area contributed by atoms with Crippen LogP contribution in [0.4, 0.5) is 0 Å². The highest BCUT2D eigenvalue weighted by molar-refractivity contribution is 5.28. The number of hydrogen-bond donors (Lipinski definition) is 2. The zero-order chi connectivity index (χ0) is 18.4. The third-order valence-corrected chi connectivity index (χ3v) is 5.01. The minimum atomic E-state index is 0.201. The second-order valence-corrected chi connectivity index (χ2v) is 6.89. The largest absolute Gasteiger partial charge is 0.508 e. The van der Waals surface area contributed by atoms with E-state index in [1.165, 1.54) is 11.1 Å². The van der Waals surface area contributed by atoms with Crippen molar-refractivity contribution in [2.45, 2.75) is 25.6 Å². The van der Waals surface area contributed by atoms with Crippen LogP contribution in [0.15, 0.2) is 48.5 Å². The monoisotopic (exact) mass is 356 g/mol. The standard InChI is InChI=1S/C21H28N2O3/c1-26-21-4-2-3-18(13-21)15-23-11-10-22(16-19(23)9-12-24)14-17-5-7-20(25)8-6-17/h2-8,13,19,24-25H,9-12,14-16H2,1H3/t19-/m1/s1. The lowest BCUT2D eigenvalue weighted by atomic mass is 10.1. The van der Waals surface area contributed by atoms with E-state index >= 15 is 0 Å². The van der Waals surface area contributed by atoms with Crippen LogP contribution in [0, 0.1) is 0 Å². The van der Waals surface area contributed by atoms with Gasteiger partial charge in [-0.05, 0) is 41.8 Å². The number of hydrogen-bond acceptors (Lipinski definition) is 5. The molecule has 26 heavy (non-hydrogen) atoms. The molecule has 1 heterocycles. The van der Waals surface area contributed by atoms with Gasteiger partial charge in [0, 0.05) is 45.4 Å². The van der Waals surface area contributed by atoms with Crippen LogP contribution in [0.5, 0.6) is 11.5 Å². The van der Waals surface area contributed by atoms with Crippen molar-refractivity contribution >= 4 is 0 Å². The molecule has 1 atom stereocenters. The first-order valence-corrected chi connectivity index (χ1v) is 9.16. The number of ether oxygens (including phenoxy) is 1. The van der Waals surface area contributed by atoms with Gasteiger partial charge in [0.05, 0.1) is 7.11 Å². The molecule has 0 radical (unpaired) electrons. The summed E-state index contributed by atoms with van der Waals surface area (Å²) in [6.07, 6.45) is 0.774. The van der Waals surface area contributed by atoms with Gasteiger partial charge in [-0.3, -0.25) is 9.80 Å². The number of nitrogens with zero attached hydrogens (tertiary/aromatic N) is 2. The molecule has 2 aromatic rings. The molecule has 0 unspecified atom stereocenters. The fourth-order valence-electron chi connectivity index (χ4n) is 3.60. The van der Waals surface area contributed by atoms with E-state index in [1.54, 1.807) is 19.2 Å². The van der Waals surface area contributed by atoms with Crippen LogP contribution in [0.25, 0.3) is 0 Å². The lowest BCUT2D eigenvalue weighted by molar-refractivity contribution is 0.0499. The molecule has 2 N–H and O–H groups in total. The fourth-order valence-corrected chi connectivity index (χ4v) is 3.60. The lowest BCUT2D eigenvalue weighted by Gasteiger charge is -2.41. The Kier molecular flexibility index (Phi) is 6.50. The molecule has 0 spiro atoms. The molecular formula is C21H28N2O3. The Morgan fingerprint density at radius 3 is 2.58 bits per heavy atom. The molecule has 1 aliphatic rings. The highest BCUT2D eigenvalue weighted by atomic mass is 16.5. The predicted molar refractivity (Wildman–Crippen MR) is 102 cm³/mol. The first-order chi connectivity index (χ1) is 12.7. The smallest absolute Gasteiger partial charge is 0.119 e. The van der Waals surface area contributed by atoms with Crippen LogP contribution in [0.1, 0.15) is 17.5 Å². The van der Waals surface area contributed by atoms with E-state index < -0.39 is 0 Å². The van der Waals surface area contributed by atoms with Crippen LogP contribution in [-0.4, -0.2) is 59.4 Å². The molecule has 5 nitrogen and oxygen atoms in total. The minimum absolute atomic E-state index is 0.201. The maximum Gasteiger partial charge on any atom is 0.119 e. The number of rotatable bonds is 7. The fraction of sp³-hybridized carbons (Fsp3) is 0.429. The number of benzene rings is 2. The van der Waals surface area contributed by atoms with Crippen LogP contribution in [0.3, 0.4) is 0 Å². The summed E-state index contributed by atoms with van der Waals surface area (Å²) >= 11 is 0. The first kappa shape index (κ1) is 18.7. The minimum Gasteiger partial charge on any atom is -0.508 e. The Labute approximate surface area is 155 Å². The molecule has 140 valence electrons. The van der Waals surface area contributed by atoms with E-state index in [-0.39, 0.29) is 6.61 Å². The van der Waals surface area contributed by atoms with Crippen molar-refractivity contribution in [3.63, 3.8) is 0 Å². The molecule has 2 aromatic carbocycles. The van der Waals surface area contributed by atoms with E-state index in [0.717, 1.165) is 44.9 Å². The van der Waals surface area contributed by atoms with Crippen LogP contribution in [-0.2, 0) is 13.1 Å². The van der Waals surface area contributed by atoms with E-state index in [0.29, 0.717) is 11.8 Å². The number of methoxy groups -OCH3 is 1. The van der Waals surface area contributed by atoms with Gasteiger partial charge in [0.15, 0.2) is 0 Å². The summed E-state index contributed by atoms with van der Waals surface area (Å²) in [6.45, 7) is 4.84. The number of aliphatic hydroxyl groups is 1. The van der Waals surface area contributed by atoms with Crippen molar-refractivity contribution in [1.82, 2.24) is 9.80 Å². The first-order valence-electron chi connectivity index (χ1n) is 9.16. The Morgan fingerprint density at radius 1 is 1.04 bits per heavy atom. The quantitative estimate of drug-likeness (QED) is 0.798. The molecule has 0 aromatic heterocycles. The Hall–Kier alpha value is -2.08. The van der Waals surface area contributed by atoms with Gasteiger partial charge in [-0.2, -0.15) is 0 Å². The van der Waals surface area contributed by atoms with Crippen molar-refractivity contribution in [1.29, 1.82) is 0 Å². The lowest BCUT2D eigenvalue weighted by Crippen LogP contribution is -2.52. The number of aromatic hydroxyl groups is 1. The number of piperazine rings is 1. The summed E-state index contributed by atoms with van der Waals surface area (Å²) in [5.74, 6) is 1.18. The molecule has 0 amide bonds. The Bertz CT molecular complexity index is 690. The third kappa shape index (κ3) is 4.97. The average Bonchev–Trinajstić information content (AvgIpc) is 2.66. The van der Waals surface area contributed by atoms with Crippen molar-refractivity contribution in [3.8, 4) is 11.5 Å². The maximum absolute atomic E-state index is 9.50.